The van der Waals surface area contributed by atoms with Gasteiger partial charge in [0.05, 0.1) is 6.10 Å². The molecule has 0 spiro atoms. The third-order valence-corrected chi connectivity index (χ3v) is 2.18. The molecule has 2 rings (SSSR count). The van der Waals surface area contributed by atoms with Gasteiger partial charge in [-0.2, -0.15) is 17.9 Å². The third kappa shape index (κ3) is 2.83. The number of alkyl halides is 3. The van der Waals surface area contributed by atoms with Gasteiger partial charge in [0.1, 0.15) is 11.4 Å². The second-order valence-electron chi connectivity index (χ2n) is 4.05. The number of aromatic nitrogens is 4. The SMILES string of the molecule is CC(C)Oc1ccccc1-n1nnnc1C(F)(F)F. The van der Waals surface area contributed by atoms with Crippen LogP contribution < -0.4 is 4.74 Å². The van der Waals surface area contributed by atoms with Gasteiger partial charge in [-0.3, -0.25) is 0 Å². The summed E-state index contributed by atoms with van der Waals surface area (Å²) in [6.45, 7) is 3.56. The molecule has 5 nitrogen and oxygen atoms in total. The first-order valence-electron chi connectivity index (χ1n) is 5.51. The van der Waals surface area contributed by atoms with Gasteiger partial charge in [0, 0.05) is 0 Å². The Bertz CT molecular complexity index is 565. The van der Waals surface area contributed by atoms with Gasteiger partial charge in [-0.1, -0.05) is 12.1 Å². The largest absolute Gasteiger partial charge is 0.489 e. The Morgan fingerprint density at radius 1 is 1.21 bits per heavy atom. The van der Waals surface area contributed by atoms with Crippen LogP contribution in [0.15, 0.2) is 24.3 Å². The van der Waals surface area contributed by atoms with Gasteiger partial charge in [0.25, 0.3) is 5.82 Å². The molecule has 0 atom stereocenters. The van der Waals surface area contributed by atoms with Crippen molar-refractivity contribution in [1.29, 1.82) is 0 Å². The molecule has 0 radical (unpaired) electrons. The molecule has 1 aromatic heterocycles. The van der Waals surface area contributed by atoms with Crippen LogP contribution in [0, 0.1) is 0 Å². The van der Waals surface area contributed by atoms with Crippen molar-refractivity contribution in [3.8, 4) is 11.4 Å². The van der Waals surface area contributed by atoms with E-state index in [2.05, 4.69) is 15.5 Å². The molecule has 2 aromatic rings. The zero-order chi connectivity index (χ0) is 14.0. The molecule has 1 heterocycles. The van der Waals surface area contributed by atoms with Crippen molar-refractivity contribution in [2.45, 2.75) is 26.1 Å². The Morgan fingerprint density at radius 3 is 2.53 bits per heavy atom. The first-order valence-corrected chi connectivity index (χ1v) is 5.51. The Kier molecular flexibility index (Phi) is 3.41. The summed E-state index contributed by atoms with van der Waals surface area (Å²) in [6, 6.07) is 6.28. The molecule has 1 aromatic carbocycles. The maximum Gasteiger partial charge on any atom is 0.453 e. The lowest BCUT2D eigenvalue weighted by Crippen LogP contribution is -2.16. The van der Waals surface area contributed by atoms with Gasteiger partial charge in [-0.05, 0) is 36.4 Å². The molecule has 0 N–H and O–H groups in total. The van der Waals surface area contributed by atoms with Gasteiger partial charge in [0.15, 0.2) is 0 Å². The second-order valence-corrected chi connectivity index (χ2v) is 4.05. The van der Waals surface area contributed by atoms with Crippen molar-refractivity contribution in [2.75, 3.05) is 0 Å². The molecule has 0 aliphatic heterocycles. The van der Waals surface area contributed by atoms with E-state index in [1.54, 1.807) is 32.0 Å². The molecule has 19 heavy (non-hydrogen) atoms. The molecule has 0 unspecified atom stereocenters. The zero-order valence-electron chi connectivity index (χ0n) is 10.2. The first-order chi connectivity index (χ1) is 8.89. The van der Waals surface area contributed by atoms with Gasteiger partial charge in [0.2, 0.25) is 0 Å². The van der Waals surface area contributed by atoms with Crippen molar-refractivity contribution in [1.82, 2.24) is 20.2 Å². The smallest absolute Gasteiger partial charge is 0.453 e. The number of ether oxygens (including phenoxy) is 1. The average Bonchev–Trinajstić information content (AvgIpc) is 2.77. The highest BCUT2D eigenvalue weighted by Crippen LogP contribution is 2.31. The number of para-hydroxylation sites is 2. The molecule has 8 heteroatoms. The first kappa shape index (κ1) is 13.3. The molecule has 0 aliphatic carbocycles. The lowest BCUT2D eigenvalue weighted by atomic mass is 10.3. The number of rotatable bonds is 3. The van der Waals surface area contributed by atoms with Crippen molar-refractivity contribution < 1.29 is 17.9 Å². The minimum Gasteiger partial charge on any atom is -0.489 e. The fourth-order valence-corrected chi connectivity index (χ4v) is 1.51. The van der Waals surface area contributed by atoms with Crippen molar-refractivity contribution in [3.63, 3.8) is 0 Å². The van der Waals surface area contributed by atoms with Crippen LogP contribution in [-0.4, -0.2) is 26.3 Å². The summed E-state index contributed by atoms with van der Waals surface area (Å²) >= 11 is 0. The number of hydrogen-bond donors (Lipinski definition) is 0. The van der Waals surface area contributed by atoms with Crippen LogP contribution in [0.25, 0.3) is 5.69 Å². The third-order valence-electron chi connectivity index (χ3n) is 2.18. The summed E-state index contributed by atoms with van der Waals surface area (Å²) in [5.74, 6) is -0.900. The Hall–Kier alpha value is -2.12. The Morgan fingerprint density at radius 2 is 1.89 bits per heavy atom. The topological polar surface area (TPSA) is 52.8 Å². The van der Waals surface area contributed by atoms with Crippen LogP contribution in [0.4, 0.5) is 13.2 Å². The Balaban J connectivity index is 2.51. The number of tetrazole rings is 1. The highest BCUT2D eigenvalue weighted by Gasteiger charge is 2.38. The van der Waals surface area contributed by atoms with Crippen LogP contribution in [0.3, 0.4) is 0 Å². The van der Waals surface area contributed by atoms with Crippen LogP contribution in [0.1, 0.15) is 19.7 Å². The molecule has 0 saturated carbocycles. The molecule has 0 aliphatic rings. The van der Waals surface area contributed by atoms with E-state index in [1.165, 1.54) is 6.07 Å². The van der Waals surface area contributed by atoms with E-state index in [4.69, 9.17) is 4.74 Å². The summed E-state index contributed by atoms with van der Waals surface area (Å²) in [4.78, 5) is 0. The van der Waals surface area contributed by atoms with E-state index in [9.17, 15) is 13.2 Å². The van der Waals surface area contributed by atoms with E-state index < -0.39 is 12.0 Å². The van der Waals surface area contributed by atoms with Crippen LogP contribution >= 0.6 is 0 Å². The zero-order valence-corrected chi connectivity index (χ0v) is 10.2. The fourth-order valence-electron chi connectivity index (χ4n) is 1.51. The molecule has 102 valence electrons. The summed E-state index contributed by atoms with van der Waals surface area (Å²) < 4.78 is 44.3. The minimum atomic E-state index is -4.63. The fraction of sp³-hybridized carbons (Fsp3) is 0.364. The molecular weight excluding hydrogens is 261 g/mol. The van der Waals surface area contributed by atoms with Gasteiger partial charge >= 0.3 is 6.18 Å². The monoisotopic (exact) mass is 272 g/mol. The highest BCUT2D eigenvalue weighted by molar-refractivity contribution is 5.46. The van der Waals surface area contributed by atoms with E-state index in [-0.39, 0.29) is 17.5 Å². The van der Waals surface area contributed by atoms with Crippen molar-refractivity contribution in [2.24, 2.45) is 0 Å². The van der Waals surface area contributed by atoms with Gasteiger partial charge in [-0.15, -0.1) is 5.10 Å². The molecule has 0 bridgehead atoms. The van der Waals surface area contributed by atoms with Crippen molar-refractivity contribution in [3.05, 3.63) is 30.1 Å². The number of benzene rings is 1. The van der Waals surface area contributed by atoms with E-state index in [0.717, 1.165) is 0 Å². The highest BCUT2D eigenvalue weighted by atomic mass is 19.4. The maximum atomic E-state index is 12.8. The van der Waals surface area contributed by atoms with E-state index in [1.807, 2.05) is 0 Å². The standard InChI is InChI=1S/C11H11F3N4O/c1-7(2)19-9-6-4-3-5-8(9)18-10(11(12,13)14)15-16-17-18/h3-7H,1-2H3. The predicted molar refractivity (Wildman–Crippen MR) is 59.9 cm³/mol. The quantitative estimate of drug-likeness (QED) is 0.861. The molecular formula is C11H11F3N4O. The van der Waals surface area contributed by atoms with Gasteiger partial charge < -0.3 is 4.74 Å². The van der Waals surface area contributed by atoms with Crippen LogP contribution in [0.2, 0.25) is 0 Å². The summed E-state index contributed by atoms with van der Waals surface area (Å²) in [5, 5.41) is 9.45. The van der Waals surface area contributed by atoms with Crippen molar-refractivity contribution >= 4 is 0 Å². The normalized spacial score (nSPS) is 11.9. The molecule has 0 fully saturated rings. The van der Waals surface area contributed by atoms with Crippen LogP contribution in [0.5, 0.6) is 5.75 Å². The average molecular weight is 272 g/mol. The second kappa shape index (κ2) is 4.87. The lowest BCUT2D eigenvalue weighted by Gasteiger charge is -2.14. The predicted octanol–water partition coefficient (Wildman–Crippen LogP) is 2.47. The minimum absolute atomic E-state index is 0.147. The van der Waals surface area contributed by atoms with Gasteiger partial charge in [-0.25, -0.2) is 0 Å². The number of hydrogen-bond acceptors (Lipinski definition) is 4. The molecule has 0 saturated heterocycles. The van der Waals surface area contributed by atoms with E-state index in [0.29, 0.717) is 4.68 Å². The van der Waals surface area contributed by atoms with E-state index >= 15 is 0 Å². The summed E-state index contributed by atoms with van der Waals surface area (Å²) in [6.07, 6.45) is -4.80. The van der Waals surface area contributed by atoms with Crippen LogP contribution in [-0.2, 0) is 6.18 Å². The Labute approximate surface area is 107 Å². The number of halogens is 3. The summed E-state index contributed by atoms with van der Waals surface area (Å²) in [7, 11) is 0. The summed E-state index contributed by atoms with van der Waals surface area (Å²) in [5.41, 5.74) is 0.147. The lowest BCUT2D eigenvalue weighted by molar-refractivity contribution is -0.146. The number of nitrogens with zero attached hydrogens (tertiary/aromatic N) is 4. The maximum absolute atomic E-state index is 12.8. The molecule has 0 amide bonds.